The molecule has 3 heteroatoms. The summed E-state index contributed by atoms with van der Waals surface area (Å²) >= 11 is 5.91. The molecule has 1 N–H and O–H groups in total. The maximum atomic E-state index is 3.50. The fourth-order valence-corrected chi connectivity index (χ4v) is 3.31. The smallest absolute Gasteiger partial charge is 0.0818 e. The molecule has 0 spiro atoms. The highest BCUT2D eigenvalue weighted by atomic mass is 127. The zero-order valence-electron chi connectivity index (χ0n) is 7.48. The molecule has 0 aliphatic heterocycles. The molecular weight excluding hydrogens is 353 g/mol. The van der Waals surface area contributed by atoms with Gasteiger partial charge in [-0.3, -0.25) is 0 Å². The van der Waals surface area contributed by atoms with E-state index in [1.54, 1.807) is 0 Å². The first-order valence-electron chi connectivity index (χ1n) is 4.72. The summed E-state index contributed by atoms with van der Waals surface area (Å²) in [5, 5.41) is 1.40. The van der Waals surface area contributed by atoms with Crippen molar-refractivity contribution in [1.29, 1.82) is 0 Å². The van der Waals surface area contributed by atoms with E-state index in [9.17, 15) is 0 Å². The van der Waals surface area contributed by atoms with Crippen LogP contribution in [0, 0.1) is 3.70 Å². The Hall–Kier alpha value is -0.0300. The monoisotopic (exact) mass is 361 g/mol. The zero-order chi connectivity index (χ0) is 9.71. The number of fused-ring (bicyclic) bond motifs is 1. The average molecular weight is 362 g/mol. The molecule has 0 atom stereocenters. The Kier molecular flexibility index (Phi) is 2.13. The van der Waals surface area contributed by atoms with Gasteiger partial charge in [-0.2, -0.15) is 0 Å². The molecule has 0 radical (unpaired) electrons. The van der Waals surface area contributed by atoms with Crippen LogP contribution in [0.3, 0.4) is 0 Å². The summed E-state index contributed by atoms with van der Waals surface area (Å²) < 4.78 is 2.46. The van der Waals surface area contributed by atoms with E-state index in [2.05, 4.69) is 61.7 Å². The van der Waals surface area contributed by atoms with Gasteiger partial charge in [0.05, 0.1) is 3.70 Å². The molecule has 0 amide bonds. The van der Waals surface area contributed by atoms with Crippen LogP contribution in [-0.4, -0.2) is 4.98 Å². The third kappa shape index (κ3) is 1.41. The third-order valence-corrected chi connectivity index (χ3v) is 4.08. The van der Waals surface area contributed by atoms with Gasteiger partial charge in [0.25, 0.3) is 0 Å². The first-order chi connectivity index (χ1) is 6.75. The summed E-state index contributed by atoms with van der Waals surface area (Å²) in [7, 11) is 0. The highest BCUT2D eigenvalue weighted by molar-refractivity contribution is 14.1. The van der Waals surface area contributed by atoms with Gasteiger partial charge in [0.1, 0.15) is 0 Å². The standard InChI is InChI=1S/C11H9BrIN/c12-7-3-4-8-9(5-7)14-11(13)10(8)6-1-2-6/h3-6,14H,1-2H2. The van der Waals surface area contributed by atoms with E-state index in [0.717, 1.165) is 10.4 Å². The molecule has 72 valence electrons. The van der Waals surface area contributed by atoms with Gasteiger partial charge in [-0.05, 0) is 59.0 Å². The Bertz CT molecular complexity index is 499. The molecule has 1 aromatic carbocycles. The maximum absolute atomic E-state index is 3.50. The number of nitrogens with one attached hydrogen (secondary N) is 1. The molecule has 0 bridgehead atoms. The zero-order valence-corrected chi connectivity index (χ0v) is 11.2. The van der Waals surface area contributed by atoms with Crippen molar-refractivity contribution in [3.63, 3.8) is 0 Å². The van der Waals surface area contributed by atoms with Crippen molar-refractivity contribution in [2.45, 2.75) is 18.8 Å². The van der Waals surface area contributed by atoms with Crippen LogP contribution in [0.25, 0.3) is 10.9 Å². The van der Waals surface area contributed by atoms with Crippen LogP contribution < -0.4 is 0 Å². The minimum Gasteiger partial charge on any atom is -0.350 e. The van der Waals surface area contributed by atoms with Crippen LogP contribution in [0.15, 0.2) is 22.7 Å². The normalized spacial score (nSPS) is 16.4. The highest BCUT2D eigenvalue weighted by Gasteiger charge is 2.28. The van der Waals surface area contributed by atoms with Gasteiger partial charge in [0.15, 0.2) is 0 Å². The lowest BCUT2D eigenvalue weighted by Gasteiger charge is -1.96. The van der Waals surface area contributed by atoms with E-state index in [-0.39, 0.29) is 0 Å². The van der Waals surface area contributed by atoms with E-state index in [1.807, 2.05) is 0 Å². The minimum absolute atomic E-state index is 0.817. The maximum Gasteiger partial charge on any atom is 0.0818 e. The molecule has 1 aliphatic carbocycles. The lowest BCUT2D eigenvalue weighted by atomic mass is 10.1. The second-order valence-corrected chi connectivity index (χ2v) is 5.81. The second kappa shape index (κ2) is 3.23. The Morgan fingerprint density at radius 1 is 1.36 bits per heavy atom. The highest BCUT2D eigenvalue weighted by Crippen LogP contribution is 2.45. The summed E-state index contributed by atoms with van der Waals surface area (Å²) in [6.07, 6.45) is 2.72. The van der Waals surface area contributed by atoms with Crippen LogP contribution >= 0.6 is 38.5 Å². The molecule has 2 aromatic rings. The van der Waals surface area contributed by atoms with Gasteiger partial charge in [-0.25, -0.2) is 0 Å². The molecule has 14 heavy (non-hydrogen) atoms. The molecule has 1 saturated carbocycles. The van der Waals surface area contributed by atoms with Crippen molar-refractivity contribution in [3.8, 4) is 0 Å². The van der Waals surface area contributed by atoms with Crippen molar-refractivity contribution in [2.75, 3.05) is 0 Å². The number of hydrogen-bond donors (Lipinski definition) is 1. The fraction of sp³-hybridized carbons (Fsp3) is 0.273. The number of benzene rings is 1. The van der Waals surface area contributed by atoms with Crippen molar-refractivity contribution in [2.24, 2.45) is 0 Å². The van der Waals surface area contributed by atoms with E-state index < -0.39 is 0 Å². The molecule has 0 saturated heterocycles. The van der Waals surface area contributed by atoms with Crippen molar-refractivity contribution < 1.29 is 0 Å². The number of aromatic amines is 1. The summed E-state index contributed by atoms with van der Waals surface area (Å²) in [6, 6.07) is 6.49. The van der Waals surface area contributed by atoms with Crippen molar-refractivity contribution in [1.82, 2.24) is 4.98 Å². The number of halogens is 2. The van der Waals surface area contributed by atoms with Gasteiger partial charge in [0.2, 0.25) is 0 Å². The van der Waals surface area contributed by atoms with Crippen molar-refractivity contribution >= 4 is 49.4 Å². The Labute approximate surface area is 105 Å². The van der Waals surface area contributed by atoms with Gasteiger partial charge < -0.3 is 4.98 Å². The molecule has 3 rings (SSSR count). The number of hydrogen-bond acceptors (Lipinski definition) is 0. The molecule has 1 aliphatic rings. The average Bonchev–Trinajstić information content (AvgIpc) is 2.89. The van der Waals surface area contributed by atoms with Crippen LogP contribution in [0.2, 0.25) is 0 Å². The van der Waals surface area contributed by atoms with Gasteiger partial charge in [-0.1, -0.05) is 22.0 Å². The number of rotatable bonds is 1. The predicted octanol–water partition coefficient (Wildman–Crippen LogP) is 4.41. The summed E-state index contributed by atoms with van der Waals surface area (Å²) in [5.74, 6) is 0.817. The SMILES string of the molecule is Brc1ccc2c(C3CC3)c(I)[nH]c2c1. The van der Waals surface area contributed by atoms with Crippen LogP contribution in [0.1, 0.15) is 24.3 Å². The first kappa shape index (κ1) is 9.21. The molecule has 1 nitrogen and oxygen atoms in total. The number of H-pyrrole nitrogens is 1. The molecule has 1 aromatic heterocycles. The van der Waals surface area contributed by atoms with E-state index >= 15 is 0 Å². The topological polar surface area (TPSA) is 15.8 Å². The fourth-order valence-electron chi connectivity index (χ4n) is 1.93. The minimum atomic E-state index is 0.817. The third-order valence-electron chi connectivity index (χ3n) is 2.74. The van der Waals surface area contributed by atoms with E-state index in [1.165, 1.54) is 33.0 Å². The molecule has 1 heterocycles. The summed E-state index contributed by atoms with van der Waals surface area (Å²) in [4.78, 5) is 3.45. The Morgan fingerprint density at radius 3 is 2.86 bits per heavy atom. The summed E-state index contributed by atoms with van der Waals surface area (Å²) in [5.41, 5.74) is 2.79. The predicted molar refractivity (Wildman–Crippen MR) is 70.7 cm³/mol. The molecular formula is C11H9BrIN. The first-order valence-corrected chi connectivity index (χ1v) is 6.59. The van der Waals surface area contributed by atoms with Gasteiger partial charge in [0, 0.05) is 15.4 Å². The van der Waals surface area contributed by atoms with Gasteiger partial charge in [-0.15, -0.1) is 0 Å². The Balaban J connectivity index is 2.32. The Morgan fingerprint density at radius 2 is 2.14 bits per heavy atom. The number of aromatic nitrogens is 1. The van der Waals surface area contributed by atoms with E-state index in [4.69, 9.17) is 0 Å². The lowest BCUT2D eigenvalue weighted by molar-refractivity contribution is 1.12. The molecule has 0 unspecified atom stereocenters. The van der Waals surface area contributed by atoms with Crippen LogP contribution in [-0.2, 0) is 0 Å². The van der Waals surface area contributed by atoms with Crippen LogP contribution in [0.4, 0.5) is 0 Å². The lowest BCUT2D eigenvalue weighted by Crippen LogP contribution is -1.79. The second-order valence-electron chi connectivity index (χ2n) is 3.82. The van der Waals surface area contributed by atoms with Crippen molar-refractivity contribution in [3.05, 3.63) is 31.9 Å². The molecule has 1 fully saturated rings. The van der Waals surface area contributed by atoms with Crippen LogP contribution in [0.5, 0.6) is 0 Å². The quantitative estimate of drug-likeness (QED) is 0.724. The largest absolute Gasteiger partial charge is 0.350 e. The van der Waals surface area contributed by atoms with Gasteiger partial charge >= 0.3 is 0 Å². The van der Waals surface area contributed by atoms with E-state index in [0.29, 0.717) is 0 Å². The summed E-state index contributed by atoms with van der Waals surface area (Å²) in [6.45, 7) is 0.